The molecule has 2 N–H and O–H groups in total. The van der Waals surface area contributed by atoms with Crippen molar-refractivity contribution in [3.05, 3.63) is 81.7 Å². The summed E-state index contributed by atoms with van der Waals surface area (Å²) in [7, 11) is 0. The molecule has 6 heteroatoms. The van der Waals surface area contributed by atoms with Gasteiger partial charge in [-0.15, -0.1) is 0 Å². The zero-order valence-electron chi connectivity index (χ0n) is 12.7. The summed E-state index contributed by atoms with van der Waals surface area (Å²) >= 11 is 12.7. The van der Waals surface area contributed by atoms with Gasteiger partial charge in [0, 0.05) is 23.6 Å². The molecule has 0 bridgehead atoms. The molecule has 1 atom stereocenters. The molecule has 0 saturated heterocycles. The number of aromatic nitrogens is 1. The van der Waals surface area contributed by atoms with Crippen LogP contribution in [0.2, 0.25) is 10.0 Å². The molecule has 1 unspecified atom stereocenters. The smallest absolute Gasteiger partial charge is 0.127 e. The highest BCUT2D eigenvalue weighted by Crippen LogP contribution is 2.34. The molecule has 0 spiro atoms. The first-order valence-corrected chi connectivity index (χ1v) is 8.25. The zero-order valence-corrected chi connectivity index (χ0v) is 14.3. The number of rotatable bonds is 6. The minimum Gasteiger partial charge on any atom is -0.396 e. The predicted octanol–water partition coefficient (Wildman–Crippen LogP) is 4.72. The number of aliphatic hydroxyl groups excluding tert-OH is 1. The van der Waals surface area contributed by atoms with Crippen LogP contribution in [-0.2, 0) is 6.42 Å². The molecule has 2 aromatic carbocycles. The van der Waals surface area contributed by atoms with E-state index < -0.39 is 0 Å². The number of para-hydroxylation sites is 1. The molecule has 3 aromatic rings. The lowest BCUT2D eigenvalue weighted by Gasteiger charge is -2.21. The number of aliphatic hydroxyl groups is 1. The van der Waals surface area contributed by atoms with E-state index in [0.29, 0.717) is 22.2 Å². The lowest BCUT2D eigenvalue weighted by Crippen LogP contribution is -2.15. The Balaban J connectivity index is 2.06. The minimum absolute atomic E-state index is 0.00947. The summed E-state index contributed by atoms with van der Waals surface area (Å²) in [5, 5.41) is 18.0. The van der Waals surface area contributed by atoms with E-state index in [9.17, 15) is 5.11 Å². The van der Waals surface area contributed by atoms with Crippen molar-refractivity contribution >= 4 is 28.9 Å². The van der Waals surface area contributed by atoms with Crippen LogP contribution in [0.1, 0.15) is 22.9 Å². The Morgan fingerprint density at radius 1 is 1.04 bits per heavy atom. The third-order valence-corrected chi connectivity index (χ3v) is 4.39. The molecule has 0 saturated carbocycles. The Kier molecular flexibility index (Phi) is 5.41. The van der Waals surface area contributed by atoms with Gasteiger partial charge in [-0.3, -0.25) is 0 Å². The van der Waals surface area contributed by atoms with Gasteiger partial charge in [0.2, 0.25) is 0 Å². The third kappa shape index (κ3) is 3.56. The van der Waals surface area contributed by atoms with Gasteiger partial charge < -0.3 is 14.9 Å². The Hall–Kier alpha value is -2.01. The van der Waals surface area contributed by atoms with Gasteiger partial charge in [-0.1, -0.05) is 58.7 Å². The summed E-state index contributed by atoms with van der Waals surface area (Å²) in [5.74, 6) is 0. The van der Waals surface area contributed by atoms with Crippen LogP contribution in [-0.4, -0.2) is 16.9 Å². The second-order valence-electron chi connectivity index (χ2n) is 5.28. The van der Waals surface area contributed by atoms with Crippen LogP contribution >= 0.6 is 23.2 Å². The number of anilines is 1. The second-order valence-corrected chi connectivity index (χ2v) is 6.09. The van der Waals surface area contributed by atoms with Crippen LogP contribution in [0.15, 0.2) is 59.3 Å². The van der Waals surface area contributed by atoms with E-state index in [0.717, 1.165) is 16.8 Å². The molecule has 1 heterocycles. The highest BCUT2D eigenvalue weighted by Gasteiger charge is 2.24. The largest absolute Gasteiger partial charge is 0.396 e. The van der Waals surface area contributed by atoms with Crippen LogP contribution in [0.5, 0.6) is 0 Å². The van der Waals surface area contributed by atoms with Gasteiger partial charge in [0.25, 0.3) is 0 Å². The number of nitrogens with zero attached hydrogens (tertiary/aromatic N) is 1. The molecule has 0 aliphatic heterocycles. The van der Waals surface area contributed by atoms with E-state index in [1.165, 1.54) is 0 Å². The van der Waals surface area contributed by atoms with E-state index in [1.54, 1.807) is 6.26 Å². The topological polar surface area (TPSA) is 58.3 Å². The molecule has 24 heavy (non-hydrogen) atoms. The second kappa shape index (κ2) is 7.71. The number of hydrogen-bond donors (Lipinski definition) is 2. The fourth-order valence-electron chi connectivity index (χ4n) is 2.55. The molecule has 0 amide bonds. The van der Waals surface area contributed by atoms with Crippen molar-refractivity contribution in [1.82, 2.24) is 5.16 Å². The maximum absolute atomic E-state index is 9.27. The van der Waals surface area contributed by atoms with Crippen LogP contribution < -0.4 is 5.32 Å². The SMILES string of the molecule is OCCc1conc1C(Nc1ccccc1Cl)c1ccccc1Cl. The van der Waals surface area contributed by atoms with Crippen molar-refractivity contribution in [3.63, 3.8) is 0 Å². The summed E-state index contributed by atoms with van der Waals surface area (Å²) in [6.45, 7) is 0.00947. The first-order chi connectivity index (χ1) is 11.7. The third-order valence-electron chi connectivity index (χ3n) is 3.72. The zero-order chi connectivity index (χ0) is 16.9. The van der Waals surface area contributed by atoms with Gasteiger partial charge in [-0.05, 0) is 23.8 Å². The Labute approximate surface area is 150 Å². The highest BCUT2D eigenvalue weighted by atomic mass is 35.5. The van der Waals surface area contributed by atoms with E-state index >= 15 is 0 Å². The molecule has 0 aliphatic carbocycles. The molecule has 4 nitrogen and oxygen atoms in total. The molecule has 124 valence electrons. The summed E-state index contributed by atoms with van der Waals surface area (Å²) in [5.41, 5.74) is 3.12. The van der Waals surface area contributed by atoms with Crippen molar-refractivity contribution < 1.29 is 9.63 Å². The van der Waals surface area contributed by atoms with E-state index in [-0.39, 0.29) is 12.6 Å². The number of benzene rings is 2. The van der Waals surface area contributed by atoms with E-state index in [1.807, 2.05) is 48.5 Å². The van der Waals surface area contributed by atoms with Gasteiger partial charge in [0.1, 0.15) is 12.0 Å². The summed E-state index contributed by atoms with van der Waals surface area (Å²) in [6, 6.07) is 14.6. The standard InChI is InChI=1S/C18H16Cl2N2O2/c19-14-6-2-1-5-13(14)18(17-12(9-10-23)11-24-22-17)21-16-8-4-3-7-15(16)20/h1-8,11,18,21,23H,9-10H2. The highest BCUT2D eigenvalue weighted by molar-refractivity contribution is 6.33. The number of hydrogen-bond acceptors (Lipinski definition) is 4. The van der Waals surface area contributed by atoms with Gasteiger partial charge in [0.05, 0.1) is 16.8 Å². The fourth-order valence-corrected chi connectivity index (χ4v) is 2.98. The predicted molar refractivity (Wildman–Crippen MR) is 95.7 cm³/mol. The quantitative estimate of drug-likeness (QED) is 0.666. The van der Waals surface area contributed by atoms with E-state index in [2.05, 4.69) is 10.5 Å². The normalized spacial score (nSPS) is 12.1. The summed E-state index contributed by atoms with van der Waals surface area (Å²) in [4.78, 5) is 0. The first kappa shape index (κ1) is 16.8. The minimum atomic E-state index is -0.348. The maximum Gasteiger partial charge on any atom is 0.127 e. The van der Waals surface area contributed by atoms with Gasteiger partial charge in [-0.25, -0.2) is 0 Å². The fraction of sp³-hybridized carbons (Fsp3) is 0.167. The maximum atomic E-state index is 9.27. The van der Waals surface area contributed by atoms with Crippen LogP contribution in [0.25, 0.3) is 0 Å². The lowest BCUT2D eigenvalue weighted by molar-refractivity contribution is 0.299. The van der Waals surface area contributed by atoms with Crippen LogP contribution in [0.4, 0.5) is 5.69 Å². The van der Waals surface area contributed by atoms with Gasteiger partial charge in [0.15, 0.2) is 0 Å². The van der Waals surface area contributed by atoms with Crippen LogP contribution in [0, 0.1) is 0 Å². The Morgan fingerprint density at radius 3 is 2.46 bits per heavy atom. The first-order valence-electron chi connectivity index (χ1n) is 7.50. The molecular formula is C18H16Cl2N2O2. The number of nitrogens with one attached hydrogen (secondary N) is 1. The van der Waals surface area contributed by atoms with Crippen LogP contribution in [0.3, 0.4) is 0 Å². The Bertz CT molecular complexity index is 820. The molecular weight excluding hydrogens is 347 g/mol. The van der Waals surface area contributed by atoms with Gasteiger partial charge in [-0.2, -0.15) is 0 Å². The molecule has 1 aromatic heterocycles. The average Bonchev–Trinajstić information content (AvgIpc) is 3.03. The van der Waals surface area contributed by atoms with Crippen molar-refractivity contribution in [2.75, 3.05) is 11.9 Å². The van der Waals surface area contributed by atoms with Gasteiger partial charge >= 0.3 is 0 Å². The summed E-state index contributed by atoms with van der Waals surface area (Å²) in [6.07, 6.45) is 1.99. The van der Waals surface area contributed by atoms with Crippen molar-refractivity contribution in [1.29, 1.82) is 0 Å². The van der Waals surface area contributed by atoms with E-state index in [4.69, 9.17) is 27.7 Å². The number of halogens is 2. The monoisotopic (exact) mass is 362 g/mol. The molecule has 0 aliphatic rings. The molecule has 0 radical (unpaired) electrons. The Morgan fingerprint density at radius 2 is 1.75 bits per heavy atom. The average molecular weight is 363 g/mol. The lowest BCUT2D eigenvalue weighted by atomic mass is 9.99. The molecule has 3 rings (SSSR count). The van der Waals surface area contributed by atoms with Crippen molar-refractivity contribution in [3.8, 4) is 0 Å². The van der Waals surface area contributed by atoms with Crippen molar-refractivity contribution in [2.24, 2.45) is 0 Å². The summed E-state index contributed by atoms with van der Waals surface area (Å²) < 4.78 is 5.13. The van der Waals surface area contributed by atoms with Crippen molar-refractivity contribution in [2.45, 2.75) is 12.5 Å². The molecule has 0 fully saturated rings.